The zero-order chi connectivity index (χ0) is 17.9. The molecule has 128 valence electrons. The third kappa shape index (κ3) is 3.85. The van der Waals surface area contributed by atoms with Gasteiger partial charge in [0, 0.05) is 11.5 Å². The van der Waals surface area contributed by atoms with Crippen molar-refractivity contribution in [3.63, 3.8) is 0 Å². The average molecular weight is 332 g/mol. The monoisotopic (exact) mass is 332 g/mol. The fourth-order valence-corrected chi connectivity index (χ4v) is 2.88. The summed E-state index contributed by atoms with van der Waals surface area (Å²) in [6.07, 6.45) is 0. The van der Waals surface area contributed by atoms with Crippen molar-refractivity contribution >= 4 is 0 Å². The first-order valence-electron chi connectivity index (χ1n) is 8.48. The van der Waals surface area contributed by atoms with Gasteiger partial charge in [0.05, 0.1) is 7.11 Å². The van der Waals surface area contributed by atoms with Gasteiger partial charge in [-0.2, -0.15) is 0 Å². The Morgan fingerprint density at radius 3 is 1.84 bits per heavy atom. The fourth-order valence-electron chi connectivity index (χ4n) is 2.88. The van der Waals surface area contributed by atoms with Gasteiger partial charge < -0.3 is 9.47 Å². The Labute approximate surface area is 150 Å². The van der Waals surface area contributed by atoms with Crippen LogP contribution in [0, 0.1) is 6.92 Å². The van der Waals surface area contributed by atoms with Crippen LogP contribution in [0.15, 0.2) is 72.8 Å². The van der Waals surface area contributed by atoms with E-state index in [9.17, 15) is 0 Å². The number of aryl methyl sites for hydroxylation is 1. The second kappa shape index (κ2) is 7.02. The SMILES string of the molecule is COc1cccc(Oc2ccc(C(C)(C)c3ccc(C)cc3)cc2)c1. The second-order valence-electron chi connectivity index (χ2n) is 6.80. The minimum atomic E-state index is -0.0534. The maximum absolute atomic E-state index is 5.93. The van der Waals surface area contributed by atoms with Crippen LogP contribution >= 0.6 is 0 Å². The highest BCUT2D eigenvalue weighted by atomic mass is 16.5. The Balaban J connectivity index is 1.80. The lowest BCUT2D eigenvalue weighted by atomic mass is 9.78. The molecule has 0 saturated heterocycles. The van der Waals surface area contributed by atoms with Crippen LogP contribution in [-0.4, -0.2) is 7.11 Å². The molecule has 0 atom stereocenters. The van der Waals surface area contributed by atoms with Gasteiger partial charge in [-0.3, -0.25) is 0 Å². The Bertz CT molecular complexity index is 831. The number of hydrogen-bond donors (Lipinski definition) is 0. The third-order valence-corrected chi connectivity index (χ3v) is 4.63. The quantitative estimate of drug-likeness (QED) is 0.560. The van der Waals surface area contributed by atoms with Gasteiger partial charge in [-0.05, 0) is 42.3 Å². The molecule has 0 fully saturated rings. The third-order valence-electron chi connectivity index (χ3n) is 4.63. The van der Waals surface area contributed by atoms with Gasteiger partial charge in [0.1, 0.15) is 17.2 Å². The lowest BCUT2D eigenvalue weighted by Gasteiger charge is -2.26. The van der Waals surface area contributed by atoms with Gasteiger partial charge in [0.2, 0.25) is 0 Å². The molecule has 0 bridgehead atoms. The summed E-state index contributed by atoms with van der Waals surface area (Å²) in [6, 6.07) is 24.7. The summed E-state index contributed by atoms with van der Waals surface area (Å²) < 4.78 is 11.2. The number of methoxy groups -OCH3 is 1. The minimum Gasteiger partial charge on any atom is -0.497 e. The molecule has 3 rings (SSSR count). The van der Waals surface area contributed by atoms with Crippen LogP contribution in [0.25, 0.3) is 0 Å². The molecule has 2 heteroatoms. The van der Waals surface area contributed by atoms with E-state index in [0.717, 1.165) is 17.2 Å². The molecule has 0 amide bonds. The van der Waals surface area contributed by atoms with E-state index in [-0.39, 0.29) is 5.41 Å². The topological polar surface area (TPSA) is 18.5 Å². The molecule has 0 radical (unpaired) electrons. The van der Waals surface area contributed by atoms with Crippen LogP contribution in [0.1, 0.15) is 30.5 Å². The van der Waals surface area contributed by atoms with E-state index in [1.54, 1.807) is 7.11 Å². The van der Waals surface area contributed by atoms with Gasteiger partial charge in [-0.25, -0.2) is 0 Å². The van der Waals surface area contributed by atoms with E-state index < -0.39 is 0 Å². The van der Waals surface area contributed by atoms with Crippen LogP contribution in [0.2, 0.25) is 0 Å². The Hall–Kier alpha value is -2.74. The first-order chi connectivity index (χ1) is 12.0. The Morgan fingerprint density at radius 1 is 0.680 bits per heavy atom. The summed E-state index contributed by atoms with van der Waals surface area (Å²) in [5.74, 6) is 2.37. The van der Waals surface area contributed by atoms with E-state index in [4.69, 9.17) is 9.47 Å². The van der Waals surface area contributed by atoms with Gasteiger partial charge in [-0.15, -0.1) is 0 Å². The summed E-state index contributed by atoms with van der Waals surface area (Å²) >= 11 is 0. The highest BCUT2D eigenvalue weighted by Gasteiger charge is 2.22. The van der Waals surface area contributed by atoms with Crippen LogP contribution in [0.5, 0.6) is 17.2 Å². The lowest BCUT2D eigenvalue weighted by molar-refractivity contribution is 0.409. The van der Waals surface area contributed by atoms with Crippen molar-refractivity contribution in [2.24, 2.45) is 0 Å². The zero-order valence-corrected chi connectivity index (χ0v) is 15.2. The van der Waals surface area contributed by atoms with Crippen molar-refractivity contribution < 1.29 is 9.47 Å². The lowest BCUT2D eigenvalue weighted by Crippen LogP contribution is -2.18. The Morgan fingerprint density at radius 2 is 1.24 bits per heavy atom. The van der Waals surface area contributed by atoms with Crippen molar-refractivity contribution in [1.29, 1.82) is 0 Å². The second-order valence-corrected chi connectivity index (χ2v) is 6.80. The molecule has 0 N–H and O–H groups in total. The molecule has 0 aliphatic heterocycles. The van der Waals surface area contributed by atoms with Crippen molar-refractivity contribution in [3.8, 4) is 17.2 Å². The Kier molecular flexibility index (Phi) is 4.80. The minimum absolute atomic E-state index is 0.0534. The average Bonchev–Trinajstić information content (AvgIpc) is 2.63. The first kappa shape index (κ1) is 17.1. The predicted octanol–water partition coefficient (Wildman–Crippen LogP) is 6.12. The number of rotatable bonds is 5. The number of benzene rings is 3. The fraction of sp³-hybridized carbons (Fsp3) is 0.217. The van der Waals surface area contributed by atoms with Gasteiger partial charge in [0.15, 0.2) is 0 Å². The molecule has 0 heterocycles. The van der Waals surface area contributed by atoms with Crippen molar-refractivity contribution in [2.75, 3.05) is 7.11 Å². The molecule has 0 aliphatic carbocycles. The molecular formula is C23H24O2. The van der Waals surface area contributed by atoms with Crippen LogP contribution in [-0.2, 0) is 5.41 Å². The molecule has 0 unspecified atom stereocenters. The summed E-state index contributed by atoms with van der Waals surface area (Å²) in [7, 11) is 1.65. The molecule has 0 aromatic heterocycles. The molecular weight excluding hydrogens is 308 g/mol. The van der Waals surface area contributed by atoms with Gasteiger partial charge in [-0.1, -0.05) is 61.9 Å². The van der Waals surface area contributed by atoms with Crippen molar-refractivity contribution in [1.82, 2.24) is 0 Å². The normalized spacial score (nSPS) is 11.2. The smallest absolute Gasteiger partial charge is 0.131 e. The van der Waals surface area contributed by atoms with Gasteiger partial charge in [0.25, 0.3) is 0 Å². The van der Waals surface area contributed by atoms with E-state index in [1.165, 1.54) is 16.7 Å². The summed E-state index contributed by atoms with van der Waals surface area (Å²) in [4.78, 5) is 0. The standard InChI is InChI=1S/C23H24O2/c1-17-8-10-18(11-9-17)23(2,3)19-12-14-20(15-13-19)25-22-7-5-6-21(16-22)24-4/h5-16H,1-4H3. The van der Waals surface area contributed by atoms with E-state index in [0.29, 0.717) is 0 Å². The molecule has 2 nitrogen and oxygen atoms in total. The van der Waals surface area contributed by atoms with Gasteiger partial charge >= 0.3 is 0 Å². The molecule has 3 aromatic carbocycles. The highest BCUT2D eigenvalue weighted by molar-refractivity contribution is 5.42. The molecule has 3 aromatic rings. The number of hydrogen-bond acceptors (Lipinski definition) is 2. The maximum Gasteiger partial charge on any atom is 0.131 e. The maximum atomic E-state index is 5.93. The van der Waals surface area contributed by atoms with E-state index >= 15 is 0 Å². The van der Waals surface area contributed by atoms with Crippen LogP contribution in [0.3, 0.4) is 0 Å². The zero-order valence-electron chi connectivity index (χ0n) is 15.2. The summed E-state index contributed by atoms with van der Waals surface area (Å²) in [5, 5.41) is 0. The first-order valence-corrected chi connectivity index (χ1v) is 8.48. The molecule has 0 saturated carbocycles. The largest absolute Gasteiger partial charge is 0.497 e. The molecule has 25 heavy (non-hydrogen) atoms. The summed E-state index contributed by atoms with van der Waals surface area (Å²) in [5.41, 5.74) is 3.79. The van der Waals surface area contributed by atoms with Crippen LogP contribution < -0.4 is 9.47 Å². The predicted molar refractivity (Wildman–Crippen MR) is 103 cm³/mol. The number of ether oxygens (including phenoxy) is 2. The van der Waals surface area contributed by atoms with E-state index in [2.05, 4.69) is 57.2 Å². The van der Waals surface area contributed by atoms with Crippen molar-refractivity contribution in [3.05, 3.63) is 89.5 Å². The van der Waals surface area contributed by atoms with Crippen LogP contribution in [0.4, 0.5) is 0 Å². The molecule has 0 aliphatic rings. The molecule has 0 spiro atoms. The van der Waals surface area contributed by atoms with Crippen molar-refractivity contribution in [2.45, 2.75) is 26.2 Å². The highest BCUT2D eigenvalue weighted by Crippen LogP contribution is 2.33. The summed E-state index contributed by atoms with van der Waals surface area (Å²) in [6.45, 7) is 6.60. The van der Waals surface area contributed by atoms with E-state index in [1.807, 2.05) is 36.4 Å².